The molecular weight excluding hydrogens is 269 g/mol. The number of anilines is 1. The molecule has 0 aliphatic carbocycles. The van der Waals surface area contributed by atoms with Crippen LogP contribution >= 0.6 is 0 Å². The van der Waals surface area contributed by atoms with E-state index < -0.39 is 22.3 Å². The Hall–Kier alpha value is -2.22. The molecule has 0 heterocycles. The van der Waals surface area contributed by atoms with Crippen LogP contribution in [-0.4, -0.2) is 37.6 Å². The van der Waals surface area contributed by atoms with Crippen molar-refractivity contribution in [2.45, 2.75) is 6.92 Å². The summed E-state index contributed by atoms with van der Waals surface area (Å²) in [4.78, 5) is 22.0. The van der Waals surface area contributed by atoms with E-state index in [9.17, 15) is 19.3 Å². The topological polar surface area (TPSA) is 93.5 Å². The molecule has 0 aromatic heterocycles. The lowest BCUT2D eigenvalue weighted by molar-refractivity contribution is -0.385. The van der Waals surface area contributed by atoms with Crippen LogP contribution in [0.5, 0.6) is 0 Å². The third kappa shape index (κ3) is 3.89. The number of carbonyl (C=O) groups is 1. The van der Waals surface area contributed by atoms with E-state index in [1.807, 2.05) is 6.92 Å². The number of amides is 1. The molecule has 0 aliphatic heterocycles. The molecule has 20 heavy (non-hydrogen) atoms. The van der Waals surface area contributed by atoms with E-state index in [2.05, 4.69) is 10.6 Å². The first-order valence-electron chi connectivity index (χ1n) is 6.02. The first kappa shape index (κ1) is 15.8. The number of ether oxygens (including phenoxy) is 1. The summed E-state index contributed by atoms with van der Waals surface area (Å²) in [5.41, 5.74) is -0.752. The van der Waals surface area contributed by atoms with Crippen molar-refractivity contribution in [3.05, 3.63) is 33.6 Å². The van der Waals surface area contributed by atoms with Crippen molar-refractivity contribution in [2.75, 3.05) is 32.1 Å². The minimum atomic E-state index is -0.792. The molecule has 1 aromatic rings. The van der Waals surface area contributed by atoms with Crippen LogP contribution in [0.4, 0.5) is 15.8 Å². The number of nitro groups is 1. The van der Waals surface area contributed by atoms with Gasteiger partial charge in [0.15, 0.2) is 5.82 Å². The quantitative estimate of drug-likeness (QED) is 0.450. The van der Waals surface area contributed by atoms with Crippen LogP contribution in [0.1, 0.15) is 17.3 Å². The third-order valence-electron chi connectivity index (χ3n) is 2.53. The minimum Gasteiger partial charge on any atom is -0.386 e. The van der Waals surface area contributed by atoms with Crippen LogP contribution in [0.2, 0.25) is 0 Å². The number of nitrogens with one attached hydrogen (secondary N) is 2. The highest BCUT2D eigenvalue weighted by Crippen LogP contribution is 2.25. The lowest BCUT2D eigenvalue weighted by Gasteiger charge is -2.08. The maximum atomic E-state index is 13.5. The summed E-state index contributed by atoms with van der Waals surface area (Å²) in [6.45, 7) is 2.84. The molecule has 110 valence electrons. The van der Waals surface area contributed by atoms with Gasteiger partial charge in [-0.25, -0.2) is 4.39 Å². The molecule has 0 unspecified atom stereocenters. The molecule has 1 aromatic carbocycles. The molecule has 1 rings (SSSR count). The fourth-order valence-electron chi connectivity index (χ4n) is 1.56. The molecule has 0 saturated carbocycles. The Morgan fingerprint density at radius 3 is 2.75 bits per heavy atom. The highest BCUT2D eigenvalue weighted by Gasteiger charge is 2.23. The largest absolute Gasteiger partial charge is 0.386 e. The van der Waals surface area contributed by atoms with Gasteiger partial charge in [0.05, 0.1) is 23.3 Å². The zero-order valence-electron chi connectivity index (χ0n) is 11.2. The van der Waals surface area contributed by atoms with Crippen molar-refractivity contribution >= 4 is 17.3 Å². The van der Waals surface area contributed by atoms with Crippen LogP contribution in [0, 0.1) is 15.9 Å². The van der Waals surface area contributed by atoms with E-state index in [1.165, 1.54) is 7.05 Å². The van der Waals surface area contributed by atoms with E-state index in [4.69, 9.17) is 4.74 Å². The van der Waals surface area contributed by atoms with Gasteiger partial charge in [0.25, 0.3) is 11.6 Å². The average Bonchev–Trinajstić information content (AvgIpc) is 2.42. The van der Waals surface area contributed by atoms with Crippen molar-refractivity contribution in [3.63, 3.8) is 0 Å². The van der Waals surface area contributed by atoms with Crippen LogP contribution in [0.25, 0.3) is 0 Å². The van der Waals surface area contributed by atoms with Gasteiger partial charge in [-0.15, -0.1) is 0 Å². The Morgan fingerprint density at radius 2 is 2.20 bits per heavy atom. The summed E-state index contributed by atoms with van der Waals surface area (Å²) in [7, 11) is 1.46. The Labute approximate surface area is 115 Å². The number of carbonyl (C=O) groups excluding carboxylic acids is 1. The second-order valence-electron chi connectivity index (χ2n) is 3.81. The normalized spacial score (nSPS) is 10.2. The zero-order chi connectivity index (χ0) is 15.1. The number of hydrogen-bond acceptors (Lipinski definition) is 5. The Bertz CT molecular complexity index is 508. The lowest BCUT2D eigenvalue weighted by Crippen LogP contribution is -2.28. The number of nitro benzene ring substituents is 1. The summed E-state index contributed by atoms with van der Waals surface area (Å²) in [6.07, 6.45) is 0. The van der Waals surface area contributed by atoms with Gasteiger partial charge in [0.1, 0.15) is 5.56 Å². The molecule has 0 radical (unpaired) electrons. The summed E-state index contributed by atoms with van der Waals surface area (Å²) < 4.78 is 18.5. The van der Waals surface area contributed by atoms with Crippen molar-refractivity contribution in [1.82, 2.24) is 5.32 Å². The van der Waals surface area contributed by atoms with E-state index in [1.54, 1.807) is 0 Å². The fraction of sp³-hybridized carbons (Fsp3) is 0.417. The molecule has 0 aliphatic rings. The molecular formula is C12H16FN3O4. The van der Waals surface area contributed by atoms with Gasteiger partial charge >= 0.3 is 0 Å². The molecule has 0 fully saturated rings. The predicted octanol–water partition coefficient (Wildman–Crippen LogP) is 1.54. The summed E-state index contributed by atoms with van der Waals surface area (Å²) in [6, 6.07) is 1.84. The van der Waals surface area contributed by atoms with Crippen molar-refractivity contribution in [2.24, 2.45) is 0 Å². The molecule has 0 saturated heterocycles. The second-order valence-corrected chi connectivity index (χ2v) is 3.81. The molecule has 2 N–H and O–H groups in total. The Morgan fingerprint density at radius 1 is 1.50 bits per heavy atom. The standard InChI is InChI=1S/C12H16FN3O4/c1-3-20-5-4-15-12(17)8-6-10(14-2)9(13)7-11(8)16(18)19/h6-7,14H,3-5H2,1-2H3,(H,15,17). The van der Waals surface area contributed by atoms with Crippen LogP contribution in [0.15, 0.2) is 12.1 Å². The Balaban J connectivity index is 2.96. The summed E-state index contributed by atoms with van der Waals surface area (Å²) in [5.74, 6) is -1.43. The first-order chi connectivity index (χ1) is 9.51. The molecule has 7 nitrogen and oxygen atoms in total. The maximum absolute atomic E-state index is 13.5. The average molecular weight is 285 g/mol. The van der Waals surface area contributed by atoms with Crippen LogP contribution in [-0.2, 0) is 4.74 Å². The molecule has 8 heteroatoms. The minimum absolute atomic E-state index is 0.0190. The number of nitrogens with zero attached hydrogens (tertiary/aromatic N) is 1. The smallest absolute Gasteiger partial charge is 0.285 e. The monoisotopic (exact) mass is 285 g/mol. The van der Waals surface area contributed by atoms with Gasteiger partial charge in [-0.2, -0.15) is 0 Å². The van der Waals surface area contributed by atoms with Crippen LogP contribution < -0.4 is 10.6 Å². The van der Waals surface area contributed by atoms with E-state index in [0.29, 0.717) is 13.2 Å². The van der Waals surface area contributed by atoms with Gasteiger partial charge in [0.2, 0.25) is 0 Å². The van der Waals surface area contributed by atoms with Gasteiger partial charge in [-0.3, -0.25) is 14.9 Å². The molecule has 0 atom stereocenters. The molecule has 1 amide bonds. The highest BCUT2D eigenvalue weighted by molar-refractivity contribution is 5.99. The molecule has 0 spiro atoms. The van der Waals surface area contributed by atoms with E-state index >= 15 is 0 Å². The van der Waals surface area contributed by atoms with E-state index in [-0.39, 0.29) is 17.8 Å². The van der Waals surface area contributed by atoms with Crippen molar-refractivity contribution < 1.29 is 18.8 Å². The van der Waals surface area contributed by atoms with Gasteiger partial charge in [-0.1, -0.05) is 0 Å². The van der Waals surface area contributed by atoms with Crippen LogP contribution in [0.3, 0.4) is 0 Å². The number of hydrogen-bond donors (Lipinski definition) is 2. The number of halogens is 1. The number of rotatable bonds is 7. The Kier molecular flexibility index (Phi) is 5.85. The van der Waals surface area contributed by atoms with Gasteiger partial charge in [0, 0.05) is 20.2 Å². The highest BCUT2D eigenvalue weighted by atomic mass is 19.1. The van der Waals surface area contributed by atoms with Crippen molar-refractivity contribution in [3.8, 4) is 0 Å². The predicted molar refractivity (Wildman–Crippen MR) is 71.4 cm³/mol. The summed E-state index contributed by atoms with van der Waals surface area (Å²) in [5, 5.41) is 15.9. The maximum Gasteiger partial charge on any atom is 0.285 e. The van der Waals surface area contributed by atoms with Gasteiger partial charge in [-0.05, 0) is 13.0 Å². The lowest BCUT2D eigenvalue weighted by atomic mass is 10.1. The van der Waals surface area contributed by atoms with E-state index in [0.717, 1.165) is 12.1 Å². The third-order valence-corrected chi connectivity index (χ3v) is 2.53. The van der Waals surface area contributed by atoms with Gasteiger partial charge < -0.3 is 15.4 Å². The zero-order valence-corrected chi connectivity index (χ0v) is 11.2. The summed E-state index contributed by atoms with van der Waals surface area (Å²) >= 11 is 0. The molecule has 0 bridgehead atoms. The first-order valence-corrected chi connectivity index (χ1v) is 6.02. The SMILES string of the molecule is CCOCCNC(=O)c1cc(NC)c(F)cc1[N+](=O)[O-]. The van der Waals surface area contributed by atoms with Crippen molar-refractivity contribution in [1.29, 1.82) is 0 Å². The fourth-order valence-corrected chi connectivity index (χ4v) is 1.56. The number of benzene rings is 1. The second kappa shape index (κ2) is 7.39.